The van der Waals surface area contributed by atoms with Crippen LogP contribution < -0.4 is 10.6 Å². The van der Waals surface area contributed by atoms with Gasteiger partial charge < -0.3 is 5.73 Å². The molecule has 0 radical (unpaired) electrons. The molecule has 0 saturated carbocycles. The Hall–Kier alpha value is -3.39. The van der Waals surface area contributed by atoms with E-state index in [9.17, 15) is 10.1 Å². The van der Waals surface area contributed by atoms with E-state index in [4.69, 9.17) is 5.73 Å². The van der Waals surface area contributed by atoms with Gasteiger partial charge in [0.15, 0.2) is 5.78 Å². The van der Waals surface area contributed by atoms with Gasteiger partial charge in [0.25, 0.3) is 0 Å². The van der Waals surface area contributed by atoms with E-state index in [2.05, 4.69) is 31.0 Å². The van der Waals surface area contributed by atoms with Crippen molar-refractivity contribution in [1.82, 2.24) is 4.98 Å². The van der Waals surface area contributed by atoms with Crippen molar-refractivity contribution in [3.63, 3.8) is 0 Å². The summed E-state index contributed by atoms with van der Waals surface area (Å²) < 4.78 is 0. The molecule has 1 aromatic heterocycles. The van der Waals surface area contributed by atoms with Crippen molar-refractivity contribution in [2.24, 2.45) is 11.1 Å². The molecule has 5 nitrogen and oxygen atoms in total. The lowest BCUT2D eigenvalue weighted by molar-refractivity contribution is -0.118. The van der Waals surface area contributed by atoms with Gasteiger partial charge in [0, 0.05) is 23.9 Å². The van der Waals surface area contributed by atoms with Gasteiger partial charge in [-0.05, 0) is 48.9 Å². The summed E-state index contributed by atoms with van der Waals surface area (Å²) in [5.74, 6) is 0.0159. The second-order valence-corrected chi connectivity index (χ2v) is 9.05. The third kappa shape index (κ3) is 3.19. The number of rotatable bonds is 2. The Labute approximate surface area is 177 Å². The highest BCUT2D eigenvalue weighted by Crippen LogP contribution is 2.50. The van der Waals surface area contributed by atoms with Gasteiger partial charge in [-0.3, -0.25) is 14.7 Å². The Kier molecular flexibility index (Phi) is 4.74. The molecule has 1 atom stereocenters. The average molecular weight is 399 g/mol. The number of carbonyl (C=O) groups excluding carboxylic acids is 1. The molecule has 1 aromatic carbocycles. The van der Waals surface area contributed by atoms with Crippen molar-refractivity contribution in [1.29, 1.82) is 5.26 Å². The van der Waals surface area contributed by atoms with E-state index in [1.165, 1.54) is 0 Å². The van der Waals surface area contributed by atoms with Gasteiger partial charge in [0.1, 0.15) is 5.82 Å². The molecule has 1 aliphatic carbocycles. The summed E-state index contributed by atoms with van der Waals surface area (Å²) in [6.07, 6.45) is 4.56. The lowest BCUT2D eigenvalue weighted by Crippen LogP contribution is -2.42. The van der Waals surface area contributed by atoms with Crippen LogP contribution in [0, 0.1) is 30.6 Å². The lowest BCUT2D eigenvalue weighted by atomic mass is 9.68. The van der Waals surface area contributed by atoms with Gasteiger partial charge in [-0.2, -0.15) is 5.26 Å². The maximum Gasteiger partial charge on any atom is 0.162 e. The second kappa shape index (κ2) is 7.14. The van der Waals surface area contributed by atoms with E-state index in [0.29, 0.717) is 29.8 Å². The Balaban J connectivity index is 2.02. The zero-order valence-electron chi connectivity index (χ0n) is 17.9. The Morgan fingerprint density at radius 2 is 2.00 bits per heavy atom. The number of nitrogens with zero attached hydrogens (tertiary/aromatic N) is 3. The molecule has 5 heteroatoms. The molecular formula is C25H26N4O. The van der Waals surface area contributed by atoms with Crippen molar-refractivity contribution < 1.29 is 4.79 Å². The number of nitrogens with two attached hydrogens (primary N) is 1. The van der Waals surface area contributed by atoms with Crippen LogP contribution in [0.4, 0.5) is 5.69 Å². The maximum absolute atomic E-state index is 13.5. The predicted molar refractivity (Wildman–Crippen MR) is 117 cm³/mol. The molecule has 2 N–H and O–H groups in total. The summed E-state index contributed by atoms with van der Waals surface area (Å²) in [6.45, 7) is 8.26. The molecule has 4 rings (SSSR count). The fourth-order valence-corrected chi connectivity index (χ4v) is 4.75. The monoisotopic (exact) mass is 398 g/mol. The SMILES string of the molecule is Cc1ccc([C@H]2C(C#N)=C(N)N(c3cccnc3)C3=C2C(=O)CC(C)(C)C3)c(C)c1. The molecule has 0 fully saturated rings. The topological polar surface area (TPSA) is 83.0 Å². The van der Waals surface area contributed by atoms with E-state index >= 15 is 0 Å². The van der Waals surface area contributed by atoms with Gasteiger partial charge in [0.2, 0.25) is 0 Å². The smallest absolute Gasteiger partial charge is 0.162 e. The van der Waals surface area contributed by atoms with Crippen LogP contribution in [-0.2, 0) is 4.79 Å². The first kappa shape index (κ1) is 19.9. The number of aryl methyl sites for hydroxylation is 2. The number of pyridine rings is 1. The zero-order chi connectivity index (χ0) is 21.6. The molecule has 0 amide bonds. The minimum Gasteiger partial charge on any atom is -0.384 e. The lowest BCUT2D eigenvalue weighted by Gasteiger charge is -2.43. The molecule has 2 heterocycles. The quantitative estimate of drug-likeness (QED) is 0.797. The fourth-order valence-electron chi connectivity index (χ4n) is 4.75. The summed E-state index contributed by atoms with van der Waals surface area (Å²) in [5, 5.41) is 10.1. The molecule has 0 bridgehead atoms. The van der Waals surface area contributed by atoms with Gasteiger partial charge >= 0.3 is 0 Å². The summed E-state index contributed by atoms with van der Waals surface area (Å²) in [7, 11) is 0. The normalized spacial score (nSPS) is 20.8. The summed E-state index contributed by atoms with van der Waals surface area (Å²) >= 11 is 0. The molecule has 2 aliphatic rings. The van der Waals surface area contributed by atoms with Gasteiger partial charge in [0.05, 0.1) is 29.4 Å². The summed E-state index contributed by atoms with van der Waals surface area (Å²) in [5.41, 5.74) is 12.3. The first-order valence-electron chi connectivity index (χ1n) is 10.2. The summed E-state index contributed by atoms with van der Waals surface area (Å²) in [4.78, 5) is 19.6. The number of aromatic nitrogens is 1. The third-order valence-corrected chi connectivity index (χ3v) is 6.02. The minimum atomic E-state index is -0.442. The minimum absolute atomic E-state index is 0.0837. The van der Waals surface area contributed by atoms with E-state index in [-0.39, 0.29) is 11.2 Å². The number of allylic oxidation sites excluding steroid dienone is 3. The maximum atomic E-state index is 13.5. The Morgan fingerprint density at radius 1 is 1.23 bits per heavy atom. The predicted octanol–water partition coefficient (Wildman–Crippen LogP) is 4.64. The molecule has 30 heavy (non-hydrogen) atoms. The van der Waals surface area contributed by atoms with Gasteiger partial charge in [-0.25, -0.2) is 0 Å². The highest BCUT2D eigenvalue weighted by molar-refractivity contribution is 6.01. The molecule has 1 aliphatic heterocycles. The van der Waals surface area contributed by atoms with Crippen LogP contribution in [0.25, 0.3) is 0 Å². The van der Waals surface area contributed by atoms with Crippen LogP contribution in [0.15, 0.2) is 65.4 Å². The van der Waals surface area contributed by atoms with Crippen molar-refractivity contribution in [2.75, 3.05) is 4.90 Å². The Morgan fingerprint density at radius 3 is 2.63 bits per heavy atom. The van der Waals surface area contributed by atoms with Crippen LogP contribution in [0.3, 0.4) is 0 Å². The van der Waals surface area contributed by atoms with Crippen LogP contribution >= 0.6 is 0 Å². The standard InChI is InChI=1S/C25H26N4O/c1-15-7-8-18(16(2)10-15)22-19(13-26)24(27)29(17-6-5-9-28-14-17)20-11-25(3,4)12-21(30)23(20)22/h5-10,14,22H,11-12,27H2,1-4H3/t22-/m0/s1. The van der Waals surface area contributed by atoms with Crippen LogP contribution in [-0.4, -0.2) is 10.8 Å². The largest absolute Gasteiger partial charge is 0.384 e. The van der Waals surface area contributed by atoms with Crippen molar-refractivity contribution in [2.45, 2.75) is 46.5 Å². The first-order valence-corrected chi connectivity index (χ1v) is 10.2. The molecule has 152 valence electrons. The van der Waals surface area contributed by atoms with E-state index in [1.54, 1.807) is 12.4 Å². The second-order valence-electron chi connectivity index (χ2n) is 9.05. The van der Waals surface area contributed by atoms with Gasteiger partial charge in [-0.15, -0.1) is 0 Å². The van der Waals surface area contributed by atoms with Crippen molar-refractivity contribution in [3.8, 4) is 6.07 Å². The number of carbonyl (C=O) groups is 1. The molecule has 0 unspecified atom stereocenters. The van der Waals surface area contributed by atoms with Gasteiger partial charge in [-0.1, -0.05) is 37.6 Å². The number of Topliss-reactive ketones (excluding diaryl/α,β-unsaturated/α-hetero) is 1. The number of nitriles is 1. The van der Waals surface area contributed by atoms with Crippen LogP contribution in [0.2, 0.25) is 0 Å². The molecular weight excluding hydrogens is 372 g/mol. The summed E-state index contributed by atoms with van der Waals surface area (Å²) in [6, 6.07) is 12.2. The van der Waals surface area contributed by atoms with E-state index in [0.717, 1.165) is 28.1 Å². The average Bonchev–Trinajstić information content (AvgIpc) is 2.67. The number of hydrogen-bond acceptors (Lipinski definition) is 5. The van der Waals surface area contributed by atoms with Crippen molar-refractivity contribution in [3.05, 3.63) is 82.1 Å². The Bertz CT molecular complexity index is 1140. The first-order chi connectivity index (χ1) is 14.2. The number of benzene rings is 1. The van der Waals surface area contributed by atoms with E-state index < -0.39 is 5.92 Å². The highest BCUT2D eigenvalue weighted by Gasteiger charge is 2.45. The van der Waals surface area contributed by atoms with Crippen molar-refractivity contribution >= 4 is 11.5 Å². The molecule has 0 spiro atoms. The number of ketones is 1. The zero-order valence-corrected chi connectivity index (χ0v) is 17.9. The number of anilines is 1. The van der Waals surface area contributed by atoms with E-state index in [1.807, 2.05) is 43.0 Å². The number of hydrogen-bond donors (Lipinski definition) is 1. The fraction of sp³-hybridized carbons (Fsp3) is 0.320. The van der Waals surface area contributed by atoms with Crippen LogP contribution in [0.1, 0.15) is 49.3 Å². The van der Waals surface area contributed by atoms with Crippen LogP contribution in [0.5, 0.6) is 0 Å². The molecule has 0 saturated heterocycles. The third-order valence-electron chi connectivity index (χ3n) is 6.02. The molecule has 2 aromatic rings. The highest BCUT2D eigenvalue weighted by atomic mass is 16.1.